The minimum atomic E-state index is -0.380. The Hall–Kier alpha value is -2.14. The monoisotopic (exact) mass is 314 g/mol. The molecule has 0 radical (unpaired) electrons. The van der Waals surface area contributed by atoms with E-state index in [-0.39, 0.29) is 17.9 Å². The average Bonchev–Trinajstić information content (AvgIpc) is 3.20. The largest absolute Gasteiger partial charge is 0.326 e. The molecule has 1 aliphatic heterocycles. The quantitative estimate of drug-likeness (QED) is 0.945. The standard InChI is InChI=1S/C17H18N2O2S/c1-12-6-2-3-7-13(12)18-16(20)14-8-4-10-19(14)17(21)15-9-5-11-22-15/h2-3,5-7,9,11,14H,4,8,10H2,1H3,(H,18,20)/t14-/m1/s1. The molecule has 22 heavy (non-hydrogen) atoms. The third-order valence-electron chi connectivity index (χ3n) is 3.95. The number of rotatable bonds is 3. The van der Waals surface area contributed by atoms with Crippen molar-refractivity contribution in [1.82, 2.24) is 4.90 Å². The number of carbonyl (C=O) groups excluding carboxylic acids is 2. The molecule has 4 nitrogen and oxygen atoms in total. The maximum atomic E-state index is 12.5. The van der Waals surface area contributed by atoms with Gasteiger partial charge in [0.15, 0.2) is 0 Å². The molecular weight excluding hydrogens is 296 g/mol. The SMILES string of the molecule is Cc1ccccc1NC(=O)[C@H]1CCCN1C(=O)c1cccs1. The Balaban J connectivity index is 1.74. The highest BCUT2D eigenvalue weighted by molar-refractivity contribution is 7.12. The second-order valence-corrected chi connectivity index (χ2v) is 6.39. The summed E-state index contributed by atoms with van der Waals surface area (Å²) in [7, 11) is 0. The van der Waals surface area contributed by atoms with Crippen LogP contribution in [0.5, 0.6) is 0 Å². The van der Waals surface area contributed by atoms with Crippen LogP contribution in [0.25, 0.3) is 0 Å². The number of hydrogen-bond acceptors (Lipinski definition) is 3. The van der Waals surface area contributed by atoms with Crippen LogP contribution in [-0.2, 0) is 4.79 Å². The molecule has 0 unspecified atom stereocenters. The zero-order chi connectivity index (χ0) is 15.5. The summed E-state index contributed by atoms with van der Waals surface area (Å²) in [4.78, 5) is 27.4. The molecule has 0 bridgehead atoms. The summed E-state index contributed by atoms with van der Waals surface area (Å²) in [5, 5.41) is 4.83. The molecular formula is C17H18N2O2S. The zero-order valence-corrected chi connectivity index (χ0v) is 13.2. The van der Waals surface area contributed by atoms with Crippen molar-refractivity contribution in [2.75, 3.05) is 11.9 Å². The number of aryl methyl sites for hydroxylation is 1. The van der Waals surface area contributed by atoms with Gasteiger partial charge >= 0.3 is 0 Å². The summed E-state index contributed by atoms with van der Waals surface area (Å²) in [6, 6.07) is 11.0. The summed E-state index contributed by atoms with van der Waals surface area (Å²) < 4.78 is 0. The van der Waals surface area contributed by atoms with E-state index >= 15 is 0 Å². The molecule has 3 rings (SSSR count). The van der Waals surface area contributed by atoms with Gasteiger partial charge in [0, 0.05) is 12.2 Å². The fourth-order valence-corrected chi connectivity index (χ4v) is 3.43. The molecule has 1 aromatic carbocycles. The Morgan fingerprint density at radius 2 is 2.05 bits per heavy atom. The molecule has 2 heterocycles. The van der Waals surface area contributed by atoms with Crippen LogP contribution in [0.3, 0.4) is 0 Å². The van der Waals surface area contributed by atoms with Gasteiger partial charge in [0.25, 0.3) is 5.91 Å². The third kappa shape index (κ3) is 2.90. The molecule has 1 saturated heterocycles. The van der Waals surface area contributed by atoms with E-state index in [1.54, 1.807) is 4.90 Å². The second-order valence-electron chi connectivity index (χ2n) is 5.44. The first-order valence-electron chi connectivity index (χ1n) is 7.38. The molecule has 0 spiro atoms. The lowest BCUT2D eigenvalue weighted by atomic mass is 10.1. The third-order valence-corrected chi connectivity index (χ3v) is 4.81. The van der Waals surface area contributed by atoms with E-state index in [1.807, 2.05) is 48.7 Å². The molecule has 1 aliphatic rings. The van der Waals surface area contributed by atoms with Crippen LogP contribution in [0.15, 0.2) is 41.8 Å². The molecule has 2 aromatic rings. The number of nitrogens with zero attached hydrogens (tertiary/aromatic N) is 1. The molecule has 0 aliphatic carbocycles. The topological polar surface area (TPSA) is 49.4 Å². The highest BCUT2D eigenvalue weighted by Crippen LogP contribution is 2.24. The maximum Gasteiger partial charge on any atom is 0.264 e. The number of hydrogen-bond donors (Lipinski definition) is 1. The molecule has 114 valence electrons. The lowest BCUT2D eigenvalue weighted by Gasteiger charge is -2.23. The van der Waals surface area contributed by atoms with Crippen molar-refractivity contribution < 1.29 is 9.59 Å². The van der Waals surface area contributed by atoms with Crippen molar-refractivity contribution in [1.29, 1.82) is 0 Å². The Morgan fingerprint density at radius 3 is 2.77 bits per heavy atom. The van der Waals surface area contributed by atoms with Gasteiger partial charge in [-0.1, -0.05) is 24.3 Å². The lowest BCUT2D eigenvalue weighted by molar-refractivity contribution is -0.119. The molecule has 5 heteroatoms. The fraction of sp³-hybridized carbons (Fsp3) is 0.294. The van der Waals surface area contributed by atoms with Crippen LogP contribution in [0.2, 0.25) is 0 Å². The minimum absolute atomic E-state index is 0.0440. The Kier molecular flexibility index (Phi) is 4.24. The van der Waals surface area contributed by atoms with Gasteiger partial charge in [0.1, 0.15) is 6.04 Å². The van der Waals surface area contributed by atoms with Crippen LogP contribution in [-0.4, -0.2) is 29.3 Å². The van der Waals surface area contributed by atoms with E-state index in [4.69, 9.17) is 0 Å². The van der Waals surface area contributed by atoms with Crippen LogP contribution in [0, 0.1) is 6.92 Å². The van der Waals surface area contributed by atoms with E-state index in [1.165, 1.54) is 11.3 Å². The first kappa shape index (κ1) is 14.8. The fourth-order valence-electron chi connectivity index (χ4n) is 2.75. The van der Waals surface area contributed by atoms with Crippen molar-refractivity contribution >= 4 is 28.8 Å². The first-order chi connectivity index (χ1) is 10.7. The van der Waals surface area contributed by atoms with E-state index in [0.717, 1.165) is 24.1 Å². The Bertz CT molecular complexity index is 682. The summed E-state index contributed by atoms with van der Waals surface area (Å²) in [5.41, 5.74) is 1.83. The van der Waals surface area contributed by atoms with Crippen LogP contribution >= 0.6 is 11.3 Å². The van der Waals surface area contributed by atoms with Crippen LogP contribution in [0.1, 0.15) is 28.1 Å². The van der Waals surface area contributed by atoms with Crippen molar-refractivity contribution in [3.05, 3.63) is 52.2 Å². The summed E-state index contributed by atoms with van der Waals surface area (Å²) in [5.74, 6) is -0.144. The number of para-hydroxylation sites is 1. The van der Waals surface area contributed by atoms with Gasteiger partial charge in [0.2, 0.25) is 5.91 Å². The predicted octanol–water partition coefficient (Wildman–Crippen LogP) is 3.30. The van der Waals surface area contributed by atoms with Crippen molar-refractivity contribution in [2.45, 2.75) is 25.8 Å². The van der Waals surface area contributed by atoms with Gasteiger partial charge in [-0.05, 0) is 42.8 Å². The molecule has 1 N–H and O–H groups in total. The predicted molar refractivity (Wildman–Crippen MR) is 88.2 cm³/mol. The molecule has 1 atom stereocenters. The van der Waals surface area contributed by atoms with Crippen LogP contribution in [0.4, 0.5) is 5.69 Å². The number of thiophene rings is 1. The van der Waals surface area contributed by atoms with Gasteiger partial charge in [-0.2, -0.15) is 0 Å². The number of benzene rings is 1. The smallest absolute Gasteiger partial charge is 0.264 e. The number of likely N-dealkylation sites (tertiary alicyclic amines) is 1. The van der Waals surface area contributed by atoms with Crippen LogP contribution < -0.4 is 5.32 Å². The van der Waals surface area contributed by atoms with Crippen molar-refractivity contribution in [3.8, 4) is 0 Å². The average molecular weight is 314 g/mol. The van der Waals surface area contributed by atoms with Gasteiger partial charge in [-0.3, -0.25) is 9.59 Å². The van der Waals surface area contributed by atoms with E-state index in [9.17, 15) is 9.59 Å². The number of amides is 2. The first-order valence-corrected chi connectivity index (χ1v) is 8.26. The highest BCUT2D eigenvalue weighted by Gasteiger charge is 2.34. The minimum Gasteiger partial charge on any atom is -0.326 e. The van der Waals surface area contributed by atoms with Crippen molar-refractivity contribution in [2.24, 2.45) is 0 Å². The number of anilines is 1. The number of carbonyl (C=O) groups is 2. The zero-order valence-electron chi connectivity index (χ0n) is 12.4. The normalized spacial score (nSPS) is 17.5. The molecule has 2 amide bonds. The Labute approximate surface area is 133 Å². The second kappa shape index (κ2) is 6.32. The van der Waals surface area contributed by atoms with Crippen molar-refractivity contribution in [3.63, 3.8) is 0 Å². The van der Waals surface area contributed by atoms with Gasteiger partial charge in [-0.15, -0.1) is 11.3 Å². The molecule has 1 fully saturated rings. The maximum absolute atomic E-state index is 12.5. The van der Waals surface area contributed by atoms with Gasteiger partial charge in [-0.25, -0.2) is 0 Å². The lowest BCUT2D eigenvalue weighted by Crippen LogP contribution is -2.43. The van der Waals surface area contributed by atoms with Gasteiger partial charge in [0.05, 0.1) is 4.88 Å². The molecule has 0 saturated carbocycles. The summed E-state index contributed by atoms with van der Waals surface area (Å²) >= 11 is 1.42. The summed E-state index contributed by atoms with van der Waals surface area (Å²) in [6.07, 6.45) is 1.58. The number of nitrogens with one attached hydrogen (secondary N) is 1. The van der Waals surface area contributed by atoms with Gasteiger partial charge < -0.3 is 10.2 Å². The highest BCUT2D eigenvalue weighted by atomic mass is 32.1. The Morgan fingerprint density at radius 1 is 1.23 bits per heavy atom. The van der Waals surface area contributed by atoms with E-state index < -0.39 is 0 Å². The van der Waals surface area contributed by atoms with E-state index in [0.29, 0.717) is 11.4 Å². The van der Waals surface area contributed by atoms with E-state index in [2.05, 4.69) is 5.32 Å². The molecule has 1 aromatic heterocycles. The summed E-state index contributed by atoms with van der Waals surface area (Å²) in [6.45, 7) is 2.60.